The fourth-order valence-electron chi connectivity index (χ4n) is 1.95. The molecule has 0 bridgehead atoms. The lowest BCUT2D eigenvalue weighted by Gasteiger charge is -2.29. The van der Waals surface area contributed by atoms with Gasteiger partial charge in [-0.2, -0.15) is 0 Å². The number of anilines is 2. The Bertz CT molecular complexity index is 434. The molecule has 1 atom stereocenters. The molecular formula is C12H19N3OS. The smallest absolute Gasteiger partial charge is 0.157 e. The first-order valence-electron chi connectivity index (χ1n) is 5.61. The van der Waals surface area contributed by atoms with Gasteiger partial charge in [0.05, 0.1) is 21.5 Å². The molecule has 1 heterocycles. The summed E-state index contributed by atoms with van der Waals surface area (Å²) in [4.78, 5) is 3.15. The zero-order valence-corrected chi connectivity index (χ0v) is 11.3. The molecule has 0 aliphatic carbocycles. The van der Waals surface area contributed by atoms with Crippen molar-refractivity contribution in [1.29, 1.82) is 0 Å². The highest BCUT2D eigenvalue weighted by atomic mass is 32.2. The molecular weight excluding hydrogens is 234 g/mol. The summed E-state index contributed by atoms with van der Waals surface area (Å²) in [6.45, 7) is 3.63. The van der Waals surface area contributed by atoms with Gasteiger partial charge in [0.25, 0.3) is 0 Å². The number of aryl methyl sites for hydroxylation is 1. The number of ether oxygens (including phenoxy) is 1. The molecule has 0 amide bonds. The van der Waals surface area contributed by atoms with Gasteiger partial charge in [0.15, 0.2) is 5.75 Å². The number of hydrogen-bond donors (Lipinski definition) is 2. The number of fused-ring (bicyclic) bond motifs is 1. The van der Waals surface area contributed by atoms with Crippen molar-refractivity contribution in [3.63, 3.8) is 0 Å². The molecule has 0 spiro atoms. The molecule has 4 N–H and O–H groups in total. The Labute approximate surface area is 106 Å². The first kappa shape index (κ1) is 12.4. The van der Waals surface area contributed by atoms with Gasteiger partial charge in [0.2, 0.25) is 0 Å². The first-order valence-corrected chi connectivity index (χ1v) is 6.49. The largest absolute Gasteiger partial charge is 0.489 e. The Morgan fingerprint density at radius 3 is 2.82 bits per heavy atom. The van der Waals surface area contributed by atoms with Crippen LogP contribution in [0.1, 0.15) is 5.56 Å². The van der Waals surface area contributed by atoms with Crippen molar-refractivity contribution in [2.75, 3.05) is 38.7 Å². The van der Waals surface area contributed by atoms with Crippen molar-refractivity contribution in [3.05, 3.63) is 11.6 Å². The molecule has 0 saturated heterocycles. The zero-order chi connectivity index (χ0) is 12.6. The van der Waals surface area contributed by atoms with E-state index in [1.165, 1.54) is 0 Å². The molecule has 0 aromatic heterocycles. The van der Waals surface area contributed by atoms with E-state index in [9.17, 15) is 0 Å². The second kappa shape index (κ2) is 4.66. The number of rotatable bonds is 2. The van der Waals surface area contributed by atoms with Crippen LogP contribution in [0.4, 0.5) is 11.4 Å². The Morgan fingerprint density at radius 2 is 2.18 bits per heavy atom. The molecule has 0 saturated carbocycles. The van der Waals surface area contributed by atoms with Crippen molar-refractivity contribution >= 4 is 23.1 Å². The average molecular weight is 253 g/mol. The van der Waals surface area contributed by atoms with E-state index in [1.807, 2.05) is 13.0 Å². The molecule has 4 nitrogen and oxygen atoms in total. The van der Waals surface area contributed by atoms with Crippen LogP contribution in [0.3, 0.4) is 0 Å². The summed E-state index contributed by atoms with van der Waals surface area (Å²) in [5.74, 6) is 0.758. The number of nitrogens with zero attached hydrogens (tertiary/aromatic N) is 1. The normalized spacial score (nSPS) is 18.9. The number of thioether (sulfide) groups is 1. The second-order valence-electron chi connectivity index (χ2n) is 4.67. The highest BCUT2D eigenvalue weighted by Gasteiger charge is 2.25. The average Bonchev–Trinajstić information content (AvgIpc) is 2.25. The number of benzene rings is 1. The Hall–Kier alpha value is -1.07. The van der Waals surface area contributed by atoms with Gasteiger partial charge < -0.3 is 21.1 Å². The molecule has 1 aromatic carbocycles. The van der Waals surface area contributed by atoms with Crippen LogP contribution in [-0.4, -0.2) is 37.4 Å². The molecule has 0 fully saturated rings. The SMILES string of the molecule is Cc1cc(N)c2c(c1N)SC(CN(C)C)CO2. The predicted molar refractivity (Wildman–Crippen MR) is 73.7 cm³/mol. The summed E-state index contributed by atoms with van der Waals surface area (Å²) in [7, 11) is 4.12. The summed E-state index contributed by atoms with van der Waals surface area (Å²) in [5, 5.41) is 0.404. The van der Waals surface area contributed by atoms with E-state index in [-0.39, 0.29) is 0 Å². The molecule has 17 heavy (non-hydrogen) atoms. The number of nitrogen functional groups attached to an aromatic ring is 2. The monoisotopic (exact) mass is 253 g/mol. The Balaban J connectivity index is 2.30. The van der Waals surface area contributed by atoms with E-state index >= 15 is 0 Å². The maximum absolute atomic E-state index is 6.10. The van der Waals surface area contributed by atoms with Gasteiger partial charge in [-0.3, -0.25) is 0 Å². The molecule has 1 unspecified atom stereocenters. The van der Waals surface area contributed by atoms with Crippen LogP contribution in [0, 0.1) is 6.92 Å². The minimum Gasteiger partial charge on any atom is -0.489 e. The Morgan fingerprint density at radius 1 is 1.47 bits per heavy atom. The van der Waals surface area contributed by atoms with Gasteiger partial charge in [-0.05, 0) is 32.6 Å². The van der Waals surface area contributed by atoms with E-state index in [0.717, 1.165) is 28.4 Å². The number of hydrogen-bond acceptors (Lipinski definition) is 5. The van der Waals surface area contributed by atoms with Gasteiger partial charge in [-0.1, -0.05) is 0 Å². The molecule has 2 rings (SSSR count). The molecule has 1 aliphatic rings. The van der Waals surface area contributed by atoms with Crippen molar-refractivity contribution in [2.24, 2.45) is 0 Å². The maximum atomic E-state index is 6.10. The second-order valence-corrected chi connectivity index (χ2v) is 5.98. The van der Waals surface area contributed by atoms with E-state index in [1.54, 1.807) is 11.8 Å². The third kappa shape index (κ3) is 2.45. The lowest BCUT2D eigenvalue weighted by molar-refractivity contribution is 0.278. The lowest BCUT2D eigenvalue weighted by atomic mass is 10.1. The molecule has 5 heteroatoms. The van der Waals surface area contributed by atoms with Gasteiger partial charge >= 0.3 is 0 Å². The zero-order valence-electron chi connectivity index (χ0n) is 10.5. The van der Waals surface area contributed by atoms with Crippen molar-refractivity contribution < 1.29 is 4.74 Å². The quantitative estimate of drug-likeness (QED) is 0.783. The maximum Gasteiger partial charge on any atom is 0.157 e. The fourth-order valence-corrected chi connectivity index (χ4v) is 3.36. The standard InChI is InChI=1S/C12H19N3OS/c1-7-4-9(13)11-12(10(7)14)17-8(6-16-11)5-15(2)3/h4,8H,5-6,13-14H2,1-3H3. The van der Waals surface area contributed by atoms with Crippen LogP contribution in [0.2, 0.25) is 0 Å². The lowest BCUT2D eigenvalue weighted by Crippen LogP contribution is -2.31. The van der Waals surface area contributed by atoms with Gasteiger partial charge in [-0.15, -0.1) is 11.8 Å². The minimum atomic E-state index is 0.404. The van der Waals surface area contributed by atoms with Crippen LogP contribution >= 0.6 is 11.8 Å². The summed E-state index contributed by atoms with van der Waals surface area (Å²) in [6, 6.07) is 1.88. The van der Waals surface area contributed by atoms with Crippen LogP contribution < -0.4 is 16.2 Å². The summed E-state index contributed by atoms with van der Waals surface area (Å²) in [6.07, 6.45) is 0. The molecule has 0 radical (unpaired) electrons. The van der Waals surface area contributed by atoms with Gasteiger partial charge in [0.1, 0.15) is 6.61 Å². The predicted octanol–water partition coefficient (Wildman–Crippen LogP) is 1.57. The summed E-state index contributed by atoms with van der Waals surface area (Å²) >= 11 is 1.77. The topological polar surface area (TPSA) is 64.5 Å². The highest BCUT2D eigenvalue weighted by molar-refractivity contribution is 8.00. The van der Waals surface area contributed by atoms with E-state index in [4.69, 9.17) is 16.2 Å². The molecule has 1 aromatic rings. The minimum absolute atomic E-state index is 0.404. The van der Waals surface area contributed by atoms with Crippen molar-refractivity contribution in [2.45, 2.75) is 17.1 Å². The molecule has 1 aliphatic heterocycles. The van der Waals surface area contributed by atoms with Crippen LogP contribution in [-0.2, 0) is 0 Å². The third-order valence-electron chi connectivity index (χ3n) is 2.78. The van der Waals surface area contributed by atoms with E-state index < -0.39 is 0 Å². The summed E-state index contributed by atoms with van der Waals surface area (Å²) < 4.78 is 5.75. The Kier molecular flexibility index (Phi) is 3.40. The van der Waals surface area contributed by atoms with Crippen molar-refractivity contribution in [3.8, 4) is 5.75 Å². The summed E-state index contributed by atoms with van der Waals surface area (Å²) in [5.41, 5.74) is 14.5. The van der Waals surface area contributed by atoms with Crippen LogP contribution in [0.5, 0.6) is 5.75 Å². The third-order valence-corrected chi connectivity index (χ3v) is 4.04. The molecule has 94 valence electrons. The van der Waals surface area contributed by atoms with Gasteiger partial charge in [0, 0.05) is 6.54 Å². The number of nitrogens with two attached hydrogens (primary N) is 2. The fraction of sp³-hybridized carbons (Fsp3) is 0.500. The van der Waals surface area contributed by atoms with Crippen molar-refractivity contribution in [1.82, 2.24) is 4.90 Å². The van der Waals surface area contributed by atoms with Gasteiger partial charge in [-0.25, -0.2) is 0 Å². The van der Waals surface area contributed by atoms with Crippen LogP contribution in [0.15, 0.2) is 11.0 Å². The van der Waals surface area contributed by atoms with E-state index in [2.05, 4.69) is 19.0 Å². The van der Waals surface area contributed by atoms with Crippen LogP contribution in [0.25, 0.3) is 0 Å². The van der Waals surface area contributed by atoms with E-state index in [0.29, 0.717) is 17.5 Å². The highest BCUT2D eigenvalue weighted by Crippen LogP contribution is 2.45. The first-order chi connectivity index (χ1) is 7.99.